The van der Waals surface area contributed by atoms with Gasteiger partial charge in [-0.15, -0.1) is 0 Å². The van der Waals surface area contributed by atoms with E-state index in [0.29, 0.717) is 5.69 Å². The largest absolute Gasteiger partial charge is 0.437 e. The van der Waals surface area contributed by atoms with Crippen LogP contribution in [0.15, 0.2) is 24.3 Å². The minimum atomic E-state index is -2.66. The van der Waals surface area contributed by atoms with Crippen LogP contribution in [-0.4, -0.2) is 115 Å². The van der Waals surface area contributed by atoms with Crippen molar-refractivity contribution in [3.8, 4) is 5.75 Å². The molecule has 0 unspecified atom stereocenters. The molecule has 2 aliphatic heterocycles. The SMILES string of the molecule is Nc1ccc(O[C@]2(O[C@H]3O[C@H](CO)[C@@H](O)[C@H](O)[C@@H]3O)O[C@H](CO)[C@@H](O)[C@H](O)[C@@H]2O)cc1. The smallest absolute Gasteiger partial charge is 0.360 e. The maximum absolute atomic E-state index is 10.7. The normalized spacial score (nSPS) is 43.5. The fraction of sp³-hybridized carbons (Fsp3) is 0.667. The Morgan fingerprint density at radius 3 is 1.97 bits per heavy atom. The molecule has 0 aromatic heterocycles. The number of hydrogen-bond acceptors (Lipinski definition) is 13. The van der Waals surface area contributed by atoms with E-state index in [0.717, 1.165) is 0 Å². The van der Waals surface area contributed by atoms with E-state index in [4.69, 9.17) is 24.7 Å². The maximum atomic E-state index is 10.7. The number of aliphatic hydroxyl groups excluding tert-OH is 8. The van der Waals surface area contributed by atoms with E-state index < -0.39 is 74.3 Å². The van der Waals surface area contributed by atoms with Crippen LogP contribution in [0, 0.1) is 0 Å². The molecule has 31 heavy (non-hydrogen) atoms. The molecule has 10 atom stereocenters. The van der Waals surface area contributed by atoms with Crippen molar-refractivity contribution in [2.45, 2.75) is 61.1 Å². The van der Waals surface area contributed by atoms with E-state index in [9.17, 15) is 40.9 Å². The number of anilines is 1. The Morgan fingerprint density at radius 1 is 0.806 bits per heavy atom. The Hall–Kier alpha value is -1.62. The van der Waals surface area contributed by atoms with Crippen LogP contribution in [0.2, 0.25) is 0 Å². The molecule has 1 aromatic carbocycles. The number of benzene rings is 1. The van der Waals surface area contributed by atoms with Crippen LogP contribution in [0.25, 0.3) is 0 Å². The topological polar surface area (TPSA) is 225 Å². The van der Waals surface area contributed by atoms with Crippen LogP contribution in [0.1, 0.15) is 0 Å². The summed E-state index contributed by atoms with van der Waals surface area (Å²) in [5.41, 5.74) is 6.01. The molecule has 3 rings (SSSR count). The molecule has 13 heteroatoms. The molecule has 13 nitrogen and oxygen atoms in total. The Balaban J connectivity index is 1.96. The average Bonchev–Trinajstić information content (AvgIpc) is 2.76. The average molecular weight is 449 g/mol. The van der Waals surface area contributed by atoms with E-state index >= 15 is 0 Å². The molecular formula is C18H27NO12. The molecule has 0 amide bonds. The summed E-state index contributed by atoms with van der Waals surface area (Å²) in [7, 11) is 0. The first-order valence-electron chi connectivity index (χ1n) is 9.49. The van der Waals surface area contributed by atoms with E-state index in [1.165, 1.54) is 24.3 Å². The zero-order valence-electron chi connectivity index (χ0n) is 16.2. The van der Waals surface area contributed by atoms with Gasteiger partial charge in [0, 0.05) is 5.69 Å². The van der Waals surface area contributed by atoms with Crippen molar-refractivity contribution in [2.24, 2.45) is 0 Å². The minimum Gasteiger partial charge on any atom is -0.437 e. The first-order valence-corrected chi connectivity index (χ1v) is 9.49. The first kappa shape index (κ1) is 24.0. The molecule has 0 bridgehead atoms. The number of aliphatic hydroxyl groups is 8. The molecule has 2 saturated heterocycles. The summed E-state index contributed by atoms with van der Waals surface area (Å²) in [6.07, 6.45) is -15.8. The Bertz CT molecular complexity index is 718. The van der Waals surface area contributed by atoms with Gasteiger partial charge in [0.15, 0.2) is 12.4 Å². The summed E-state index contributed by atoms with van der Waals surface area (Å²) >= 11 is 0. The first-order chi connectivity index (χ1) is 14.6. The number of rotatable bonds is 6. The van der Waals surface area contributed by atoms with Crippen LogP contribution < -0.4 is 10.5 Å². The highest BCUT2D eigenvalue weighted by molar-refractivity contribution is 5.41. The Labute approximate surface area is 176 Å². The zero-order chi connectivity index (χ0) is 22.9. The molecule has 10 N–H and O–H groups in total. The van der Waals surface area contributed by atoms with Crippen LogP contribution in [-0.2, 0) is 14.2 Å². The predicted octanol–water partition coefficient (Wildman–Crippen LogP) is -4.41. The van der Waals surface area contributed by atoms with Crippen LogP contribution in [0.3, 0.4) is 0 Å². The maximum Gasteiger partial charge on any atom is 0.360 e. The van der Waals surface area contributed by atoms with Gasteiger partial charge in [-0.3, -0.25) is 4.74 Å². The van der Waals surface area contributed by atoms with Crippen LogP contribution in [0.4, 0.5) is 5.69 Å². The summed E-state index contributed by atoms with van der Waals surface area (Å²) in [6, 6.07) is 5.63. The summed E-state index contributed by atoms with van der Waals surface area (Å²) in [6.45, 7) is -1.56. The number of ether oxygens (including phenoxy) is 4. The lowest BCUT2D eigenvalue weighted by molar-refractivity contribution is -0.478. The molecule has 2 aliphatic rings. The molecule has 2 heterocycles. The van der Waals surface area contributed by atoms with E-state index in [1.54, 1.807) is 0 Å². The number of hydrogen-bond donors (Lipinski definition) is 9. The van der Waals surface area contributed by atoms with Crippen LogP contribution >= 0.6 is 0 Å². The number of nitrogens with two attached hydrogens (primary N) is 1. The molecule has 176 valence electrons. The van der Waals surface area contributed by atoms with Crippen molar-refractivity contribution in [3.05, 3.63) is 24.3 Å². The third-order valence-electron chi connectivity index (χ3n) is 5.18. The number of nitrogen functional groups attached to an aromatic ring is 1. The van der Waals surface area contributed by atoms with Gasteiger partial charge >= 0.3 is 5.97 Å². The van der Waals surface area contributed by atoms with Gasteiger partial charge in [-0.25, -0.2) is 0 Å². The summed E-state index contributed by atoms with van der Waals surface area (Å²) < 4.78 is 21.8. The van der Waals surface area contributed by atoms with E-state index in [-0.39, 0.29) is 5.75 Å². The zero-order valence-corrected chi connectivity index (χ0v) is 16.2. The second kappa shape index (κ2) is 9.48. The highest BCUT2D eigenvalue weighted by Gasteiger charge is 2.60. The van der Waals surface area contributed by atoms with Gasteiger partial charge in [-0.05, 0) is 24.3 Å². The second-order valence-electron chi connectivity index (χ2n) is 7.35. The molecule has 0 aliphatic carbocycles. The third kappa shape index (κ3) is 4.62. The van der Waals surface area contributed by atoms with Crippen molar-refractivity contribution >= 4 is 5.69 Å². The summed E-state index contributed by atoms with van der Waals surface area (Å²) in [5, 5.41) is 80.1. The van der Waals surface area contributed by atoms with Gasteiger partial charge in [-0.2, -0.15) is 0 Å². The summed E-state index contributed by atoms with van der Waals surface area (Å²) in [4.78, 5) is 0. The molecule has 1 aromatic rings. The lowest BCUT2D eigenvalue weighted by Crippen LogP contribution is -2.71. The molecular weight excluding hydrogens is 422 g/mol. The van der Waals surface area contributed by atoms with Crippen molar-refractivity contribution in [1.82, 2.24) is 0 Å². The highest BCUT2D eigenvalue weighted by atomic mass is 16.9. The van der Waals surface area contributed by atoms with Gasteiger partial charge < -0.3 is 60.8 Å². The van der Waals surface area contributed by atoms with E-state index in [2.05, 4.69) is 0 Å². The van der Waals surface area contributed by atoms with Gasteiger partial charge in [0.1, 0.15) is 48.5 Å². The predicted molar refractivity (Wildman–Crippen MR) is 99.0 cm³/mol. The van der Waals surface area contributed by atoms with Crippen molar-refractivity contribution in [1.29, 1.82) is 0 Å². The Kier molecular flexibility index (Phi) is 7.35. The van der Waals surface area contributed by atoms with Gasteiger partial charge in [-0.1, -0.05) is 0 Å². The van der Waals surface area contributed by atoms with Gasteiger partial charge in [0.05, 0.1) is 13.2 Å². The monoisotopic (exact) mass is 449 g/mol. The lowest BCUT2D eigenvalue weighted by atomic mass is 9.97. The van der Waals surface area contributed by atoms with Gasteiger partial charge in [0.2, 0.25) is 0 Å². The fourth-order valence-corrected chi connectivity index (χ4v) is 3.34. The van der Waals surface area contributed by atoms with Crippen LogP contribution in [0.5, 0.6) is 5.75 Å². The lowest BCUT2D eigenvalue weighted by Gasteiger charge is -2.49. The van der Waals surface area contributed by atoms with Crippen molar-refractivity contribution < 1.29 is 59.8 Å². The molecule has 0 radical (unpaired) electrons. The summed E-state index contributed by atoms with van der Waals surface area (Å²) in [5.74, 6) is -2.64. The Morgan fingerprint density at radius 2 is 1.39 bits per heavy atom. The second-order valence-corrected chi connectivity index (χ2v) is 7.35. The third-order valence-corrected chi connectivity index (χ3v) is 5.18. The minimum absolute atomic E-state index is 0.0121. The standard InChI is InChI=1S/C18H27NO12/c19-7-1-3-8(4-2-7)29-18(16(27)14(25)12(23)10(6-21)30-18)31-17-15(26)13(24)11(22)9(5-20)28-17/h1-4,9-17,20-27H,5-6,19H2/t9-,10-,11-,12-,13+,14+,15+,16+,17-,18+/m1/s1. The van der Waals surface area contributed by atoms with Crippen molar-refractivity contribution in [2.75, 3.05) is 18.9 Å². The van der Waals surface area contributed by atoms with Gasteiger partial charge in [0.25, 0.3) is 0 Å². The molecule has 2 fully saturated rings. The highest BCUT2D eigenvalue weighted by Crippen LogP contribution is 2.37. The molecule has 0 saturated carbocycles. The molecule has 0 spiro atoms. The fourth-order valence-electron chi connectivity index (χ4n) is 3.34. The van der Waals surface area contributed by atoms with Crippen molar-refractivity contribution in [3.63, 3.8) is 0 Å². The quantitative estimate of drug-likeness (QED) is 0.148. The van der Waals surface area contributed by atoms with E-state index in [1.807, 2.05) is 0 Å².